The van der Waals surface area contributed by atoms with Gasteiger partial charge in [0.05, 0.1) is 29.4 Å². The third kappa shape index (κ3) is 4.55. The number of nitrogens with zero attached hydrogens (tertiary/aromatic N) is 1. The second-order valence-corrected chi connectivity index (χ2v) is 8.32. The SMILES string of the molecule is COC(=O)c1ccc(-c2cc3c(Nc4ccccc4)c(C(=O)NC4CC4)cnc3cc2F)cc1F. The van der Waals surface area contributed by atoms with Crippen molar-refractivity contribution in [2.45, 2.75) is 18.9 Å². The highest BCUT2D eigenvalue weighted by atomic mass is 19.1. The maximum absolute atomic E-state index is 15.1. The van der Waals surface area contributed by atoms with Crippen LogP contribution in [0.1, 0.15) is 33.6 Å². The van der Waals surface area contributed by atoms with Crippen LogP contribution < -0.4 is 10.6 Å². The molecule has 1 aliphatic rings. The summed E-state index contributed by atoms with van der Waals surface area (Å²) in [5.41, 5.74) is 1.94. The quantitative estimate of drug-likeness (QED) is 0.356. The largest absolute Gasteiger partial charge is 0.465 e. The number of benzene rings is 3. The van der Waals surface area contributed by atoms with Crippen molar-refractivity contribution in [2.75, 3.05) is 12.4 Å². The number of fused-ring (bicyclic) bond motifs is 1. The molecule has 1 heterocycles. The Hall–Kier alpha value is -4.33. The Morgan fingerprint density at radius 3 is 2.43 bits per heavy atom. The van der Waals surface area contributed by atoms with E-state index in [1.54, 1.807) is 0 Å². The lowest BCUT2D eigenvalue weighted by molar-refractivity contribution is 0.0595. The van der Waals surface area contributed by atoms with Crippen molar-refractivity contribution in [2.24, 2.45) is 0 Å². The van der Waals surface area contributed by atoms with Gasteiger partial charge in [0.15, 0.2) is 0 Å². The van der Waals surface area contributed by atoms with Crippen molar-refractivity contribution in [1.29, 1.82) is 0 Å². The van der Waals surface area contributed by atoms with Crippen LogP contribution in [0.4, 0.5) is 20.2 Å². The standard InChI is InChI=1S/C27H21F2N3O3/c1-35-27(34)18-10-7-15(11-22(18)28)19-12-20-24(13-23(19)29)30-14-21(26(33)32-17-8-9-17)25(20)31-16-5-3-2-4-6-16/h2-7,10-14,17H,8-9H2,1H3,(H,30,31)(H,32,33). The zero-order valence-electron chi connectivity index (χ0n) is 18.8. The first-order chi connectivity index (χ1) is 16.9. The lowest BCUT2D eigenvalue weighted by Crippen LogP contribution is -2.26. The first-order valence-corrected chi connectivity index (χ1v) is 11.1. The van der Waals surface area contributed by atoms with Crippen LogP contribution in [0.3, 0.4) is 0 Å². The highest BCUT2D eigenvalue weighted by Crippen LogP contribution is 2.35. The number of carbonyl (C=O) groups excluding carboxylic acids is 2. The summed E-state index contributed by atoms with van der Waals surface area (Å²) in [6.07, 6.45) is 3.28. The van der Waals surface area contributed by atoms with Crippen molar-refractivity contribution >= 4 is 34.2 Å². The Morgan fingerprint density at radius 1 is 0.971 bits per heavy atom. The predicted octanol–water partition coefficient (Wildman–Crippen LogP) is 5.60. The molecule has 176 valence electrons. The molecular weight excluding hydrogens is 452 g/mol. The molecule has 0 unspecified atom stereocenters. The van der Waals surface area contributed by atoms with Crippen LogP contribution in [-0.4, -0.2) is 30.0 Å². The molecule has 0 atom stereocenters. The van der Waals surface area contributed by atoms with Crippen LogP contribution in [0.5, 0.6) is 0 Å². The van der Waals surface area contributed by atoms with Crippen LogP contribution in [0, 0.1) is 11.6 Å². The van der Waals surface area contributed by atoms with Gasteiger partial charge in [-0.2, -0.15) is 0 Å². The van der Waals surface area contributed by atoms with E-state index in [0.717, 1.165) is 31.7 Å². The van der Waals surface area contributed by atoms with E-state index in [1.165, 1.54) is 30.5 Å². The summed E-state index contributed by atoms with van der Waals surface area (Å²) < 4.78 is 34.3. The van der Waals surface area contributed by atoms with Gasteiger partial charge in [0.25, 0.3) is 5.91 Å². The van der Waals surface area contributed by atoms with E-state index >= 15 is 4.39 Å². The summed E-state index contributed by atoms with van der Waals surface area (Å²) in [5, 5.41) is 6.73. The monoisotopic (exact) mass is 473 g/mol. The topological polar surface area (TPSA) is 80.3 Å². The molecule has 5 rings (SSSR count). The highest BCUT2D eigenvalue weighted by molar-refractivity contribution is 6.09. The van der Waals surface area contributed by atoms with Gasteiger partial charge in [-0.1, -0.05) is 24.3 Å². The molecule has 0 spiro atoms. The lowest BCUT2D eigenvalue weighted by atomic mass is 9.99. The van der Waals surface area contributed by atoms with Crippen molar-refractivity contribution in [1.82, 2.24) is 10.3 Å². The van der Waals surface area contributed by atoms with Gasteiger partial charge in [-0.3, -0.25) is 9.78 Å². The van der Waals surface area contributed by atoms with Gasteiger partial charge >= 0.3 is 5.97 Å². The molecule has 2 N–H and O–H groups in total. The van der Waals surface area contributed by atoms with E-state index in [0.29, 0.717) is 22.2 Å². The van der Waals surface area contributed by atoms with Gasteiger partial charge < -0.3 is 15.4 Å². The third-order valence-corrected chi connectivity index (χ3v) is 5.84. The number of ether oxygens (including phenoxy) is 1. The predicted molar refractivity (Wildman–Crippen MR) is 129 cm³/mol. The first-order valence-electron chi connectivity index (χ1n) is 11.1. The van der Waals surface area contributed by atoms with Crippen LogP contribution in [0.15, 0.2) is 66.9 Å². The number of pyridine rings is 1. The molecule has 1 saturated carbocycles. The Morgan fingerprint density at radius 2 is 1.74 bits per heavy atom. The molecule has 4 aromatic rings. The fraction of sp³-hybridized carbons (Fsp3) is 0.148. The Balaban J connectivity index is 1.66. The third-order valence-electron chi connectivity index (χ3n) is 5.84. The van der Waals surface area contributed by atoms with Crippen LogP contribution in [0.25, 0.3) is 22.0 Å². The van der Waals surface area contributed by atoms with Crippen molar-refractivity contribution in [3.8, 4) is 11.1 Å². The molecule has 8 heteroatoms. The maximum Gasteiger partial charge on any atom is 0.340 e. The molecule has 1 aliphatic carbocycles. The fourth-order valence-corrected chi connectivity index (χ4v) is 3.86. The number of hydrogen-bond donors (Lipinski definition) is 2. The van der Waals surface area contributed by atoms with Crippen molar-refractivity contribution in [3.05, 3.63) is 89.6 Å². The number of methoxy groups -OCH3 is 1. The second-order valence-electron chi connectivity index (χ2n) is 8.32. The molecule has 6 nitrogen and oxygen atoms in total. The van der Waals surface area contributed by atoms with Crippen LogP contribution in [0.2, 0.25) is 0 Å². The molecular formula is C27H21F2N3O3. The summed E-state index contributed by atoms with van der Waals surface area (Å²) in [7, 11) is 1.16. The van der Waals surface area contributed by atoms with E-state index in [9.17, 15) is 14.0 Å². The summed E-state index contributed by atoms with van der Waals surface area (Å²) >= 11 is 0. The number of aromatic nitrogens is 1. The number of para-hydroxylation sites is 1. The van der Waals surface area contributed by atoms with E-state index in [2.05, 4.69) is 20.4 Å². The van der Waals surface area contributed by atoms with Gasteiger partial charge in [0.1, 0.15) is 11.6 Å². The Labute approximate surface area is 199 Å². The lowest BCUT2D eigenvalue weighted by Gasteiger charge is -2.16. The average molecular weight is 473 g/mol. The molecule has 3 aromatic carbocycles. The number of rotatable bonds is 6. The maximum atomic E-state index is 15.1. The number of halogens is 2. The summed E-state index contributed by atoms with van der Waals surface area (Å²) in [5.74, 6) is -2.54. The first kappa shape index (κ1) is 22.5. The highest BCUT2D eigenvalue weighted by Gasteiger charge is 2.26. The Kier molecular flexibility index (Phi) is 5.86. The smallest absolute Gasteiger partial charge is 0.340 e. The van der Waals surface area contributed by atoms with Crippen LogP contribution >= 0.6 is 0 Å². The molecule has 1 aromatic heterocycles. The van der Waals surface area contributed by atoms with E-state index in [-0.39, 0.29) is 28.6 Å². The molecule has 1 amide bonds. The summed E-state index contributed by atoms with van der Waals surface area (Å²) in [6.45, 7) is 0. The van der Waals surface area contributed by atoms with Gasteiger partial charge in [0.2, 0.25) is 0 Å². The minimum atomic E-state index is -0.827. The van der Waals surface area contributed by atoms with Crippen molar-refractivity contribution < 1.29 is 23.1 Å². The number of amides is 1. The number of esters is 1. The zero-order valence-corrected chi connectivity index (χ0v) is 18.8. The van der Waals surface area contributed by atoms with E-state index in [4.69, 9.17) is 0 Å². The van der Waals surface area contributed by atoms with Gasteiger partial charge in [-0.25, -0.2) is 13.6 Å². The zero-order chi connectivity index (χ0) is 24.5. The number of nitrogens with one attached hydrogen (secondary N) is 2. The Bertz CT molecular complexity index is 1450. The molecule has 0 aliphatic heterocycles. The second kappa shape index (κ2) is 9.13. The summed E-state index contributed by atoms with van der Waals surface area (Å²) in [4.78, 5) is 29.0. The fourth-order valence-electron chi connectivity index (χ4n) is 3.86. The normalized spacial score (nSPS) is 12.9. The van der Waals surface area contributed by atoms with Crippen LogP contribution in [-0.2, 0) is 4.74 Å². The number of carbonyl (C=O) groups is 2. The molecule has 0 bridgehead atoms. The van der Waals surface area contributed by atoms with Gasteiger partial charge in [-0.15, -0.1) is 0 Å². The minimum absolute atomic E-state index is 0.102. The van der Waals surface area contributed by atoms with Gasteiger partial charge in [-0.05, 0) is 48.7 Å². The van der Waals surface area contributed by atoms with Crippen molar-refractivity contribution in [3.63, 3.8) is 0 Å². The van der Waals surface area contributed by atoms with Gasteiger partial charge in [0, 0.05) is 34.9 Å². The molecule has 35 heavy (non-hydrogen) atoms. The molecule has 0 saturated heterocycles. The minimum Gasteiger partial charge on any atom is -0.465 e. The van der Waals surface area contributed by atoms with E-state index in [1.807, 2.05) is 30.3 Å². The number of hydrogen-bond acceptors (Lipinski definition) is 5. The molecule has 0 radical (unpaired) electrons. The number of anilines is 2. The molecule has 1 fully saturated rings. The summed E-state index contributed by atoms with van der Waals surface area (Å²) in [6, 6.07) is 16.0. The average Bonchev–Trinajstić information content (AvgIpc) is 3.68. The van der Waals surface area contributed by atoms with E-state index < -0.39 is 17.6 Å².